The van der Waals surface area contributed by atoms with E-state index in [4.69, 9.17) is 27.9 Å². The quantitative estimate of drug-likeness (QED) is 0.643. The average Bonchev–Trinajstić information content (AvgIpc) is 2.42. The first-order valence-corrected chi connectivity index (χ1v) is 7.83. The van der Waals surface area contributed by atoms with Crippen molar-refractivity contribution in [2.75, 3.05) is 0 Å². The highest BCUT2D eigenvalue weighted by Gasteiger charge is 2.11. The van der Waals surface area contributed by atoms with E-state index in [0.29, 0.717) is 22.7 Å². The molecule has 0 saturated heterocycles. The highest BCUT2D eigenvalue weighted by molar-refractivity contribution is 6.30. The van der Waals surface area contributed by atoms with Crippen molar-refractivity contribution < 1.29 is 4.74 Å². The lowest BCUT2D eigenvalue weighted by Crippen LogP contribution is -1.99. The number of halogens is 2. The van der Waals surface area contributed by atoms with Gasteiger partial charge in [0, 0.05) is 22.7 Å². The Morgan fingerprint density at radius 2 is 1.71 bits per heavy atom. The summed E-state index contributed by atoms with van der Waals surface area (Å²) in [5, 5.41) is 0.711. The topological polar surface area (TPSA) is 22.1 Å². The van der Waals surface area contributed by atoms with Crippen LogP contribution in [0, 0.1) is 13.8 Å². The first-order chi connectivity index (χ1) is 9.90. The second-order valence-electron chi connectivity index (χ2n) is 5.50. The number of rotatable bonds is 4. The normalized spacial score (nSPS) is 11.0. The molecule has 2 aromatic rings. The van der Waals surface area contributed by atoms with E-state index in [0.717, 1.165) is 28.1 Å². The van der Waals surface area contributed by atoms with Crippen LogP contribution in [0.15, 0.2) is 24.3 Å². The summed E-state index contributed by atoms with van der Waals surface area (Å²) >= 11 is 12.0. The Bertz CT molecular complexity index is 630. The minimum Gasteiger partial charge on any atom is -0.438 e. The van der Waals surface area contributed by atoms with Crippen molar-refractivity contribution >= 4 is 23.2 Å². The molecule has 0 atom stereocenters. The monoisotopic (exact) mass is 323 g/mol. The molecule has 112 valence electrons. The van der Waals surface area contributed by atoms with Gasteiger partial charge in [0.05, 0.1) is 0 Å². The fraction of sp³-hybridized carbons (Fsp3) is 0.353. The van der Waals surface area contributed by atoms with Gasteiger partial charge in [0.2, 0.25) is 5.88 Å². The number of ether oxygens (including phenoxy) is 1. The van der Waals surface area contributed by atoms with Crippen molar-refractivity contribution in [3.8, 4) is 11.6 Å². The number of pyridine rings is 1. The zero-order chi connectivity index (χ0) is 15.6. The van der Waals surface area contributed by atoms with E-state index in [-0.39, 0.29) is 0 Å². The van der Waals surface area contributed by atoms with Crippen LogP contribution in [0.2, 0.25) is 5.02 Å². The van der Waals surface area contributed by atoms with Gasteiger partial charge in [-0.2, -0.15) is 0 Å². The van der Waals surface area contributed by atoms with E-state index in [1.807, 2.05) is 38.1 Å². The van der Waals surface area contributed by atoms with Crippen LogP contribution in [-0.4, -0.2) is 4.98 Å². The molecule has 0 amide bonds. The fourth-order valence-electron chi connectivity index (χ4n) is 2.17. The van der Waals surface area contributed by atoms with Crippen LogP contribution in [-0.2, 0) is 5.88 Å². The first-order valence-electron chi connectivity index (χ1n) is 6.92. The van der Waals surface area contributed by atoms with Crippen molar-refractivity contribution in [3.63, 3.8) is 0 Å². The van der Waals surface area contributed by atoms with Crippen LogP contribution >= 0.6 is 23.2 Å². The number of aryl methyl sites for hydroxylation is 2. The minimum atomic E-state index is 0.322. The van der Waals surface area contributed by atoms with Crippen molar-refractivity contribution in [1.29, 1.82) is 0 Å². The molecule has 0 aliphatic carbocycles. The zero-order valence-corrected chi connectivity index (χ0v) is 14.2. The highest BCUT2D eigenvalue weighted by atomic mass is 35.5. The molecule has 2 nitrogen and oxygen atoms in total. The van der Waals surface area contributed by atoms with Crippen LogP contribution in [0.3, 0.4) is 0 Å². The third-order valence-corrected chi connectivity index (χ3v) is 3.79. The maximum Gasteiger partial charge on any atom is 0.219 e. The summed E-state index contributed by atoms with van der Waals surface area (Å²) < 4.78 is 6.00. The van der Waals surface area contributed by atoms with Gasteiger partial charge in [-0.15, -0.1) is 11.6 Å². The van der Waals surface area contributed by atoms with Crippen LogP contribution in [0.5, 0.6) is 11.6 Å². The first kappa shape index (κ1) is 16.1. The smallest absolute Gasteiger partial charge is 0.219 e. The number of alkyl halides is 1. The molecule has 0 fully saturated rings. The molecule has 0 N–H and O–H groups in total. The maximum atomic E-state index is 6.05. The van der Waals surface area contributed by atoms with E-state index >= 15 is 0 Å². The second-order valence-corrected chi connectivity index (χ2v) is 6.20. The van der Waals surface area contributed by atoms with Gasteiger partial charge in [-0.05, 0) is 54.7 Å². The molecule has 0 bridgehead atoms. The van der Waals surface area contributed by atoms with E-state index < -0.39 is 0 Å². The van der Waals surface area contributed by atoms with Gasteiger partial charge >= 0.3 is 0 Å². The molecule has 4 heteroatoms. The van der Waals surface area contributed by atoms with Gasteiger partial charge < -0.3 is 4.74 Å². The molecular weight excluding hydrogens is 305 g/mol. The van der Waals surface area contributed by atoms with E-state index in [1.165, 1.54) is 0 Å². The summed E-state index contributed by atoms with van der Waals surface area (Å²) in [5.41, 5.74) is 3.97. The Morgan fingerprint density at radius 1 is 1.10 bits per heavy atom. The molecule has 0 aliphatic heterocycles. The predicted octanol–water partition coefficient (Wildman–Crippen LogP) is 6.01. The van der Waals surface area contributed by atoms with E-state index in [1.54, 1.807) is 0 Å². The van der Waals surface area contributed by atoms with Gasteiger partial charge in [0.15, 0.2) is 0 Å². The molecule has 1 aromatic heterocycles. The van der Waals surface area contributed by atoms with Crippen molar-refractivity contribution in [2.45, 2.75) is 39.5 Å². The van der Waals surface area contributed by atoms with Gasteiger partial charge in [-0.25, -0.2) is 4.98 Å². The van der Waals surface area contributed by atoms with Crippen LogP contribution in [0.1, 0.15) is 42.1 Å². The van der Waals surface area contributed by atoms with E-state index in [2.05, 4.69) is 18.8 Å². The Kier molecular flexibility index (Phi) is 5.13. The number of benzene rings is 1. The molecule has 0 spiro atoms. The lowest BCUT2D eigenvalue weighted by Gasteiger charge is -2.14. The molecule has 0 aliphatic rings. The van der Waals surface area contributed by atoms with Gasteiger partial charge in [0.1, 0.15) is 5.75 Å². The van der Waals surface area contributed by atoms with E-state index in [9.17, 15) is 0 Å². The Morgan fingerprint density at radius 3 is 2.24 bits per heavy atom. The highest BCUT2D eigenvalue weighted by Crippen LogP contribution is 2.31. The summed E-state index contributed by atoms with van der Waals surface area (Å²) in [4.78, 5) is 4.57. The van der Waals surface area contributed by atoms with Gasteiger partial charge in [-0.3, -0.25) is 0 Å². The largest absolute Gasteiger partial charge is 0.438 e. The van der Waals surface area contributed by atoms with Crippen LogP contribution < -0.4 is 4.74 Å². The SMILES string of the molecule is Cc1cc(Cl)cc(C)c1Oc1cc(CCl)cc(C(C)C)n1. The van der Waals surface area contributed by atoms with Gasteiger partial charge in [-0.1, -0.05) is 25.4 Å². The van der Waals surface area contributed by atoms with Crippen LogP contribution in [0.25, 0.3) is 0 Å². The molecule has 21 heavy (non-hydrogen) atoms. The Balaban J connectivity index is 2.42. The van der Waals surface area contributed by atoms with Crippen molar-refractivity contribution in [3.05, 3.63) is 51.7 Å². The molecule has 0 saturated carbocycles. The Labute approximate surface area is 136 Å². The number of hydrogen-bond acceptors (Lipinski definition) is 2. The summed E-state index contributed by atoms with van der Waals surface area (Å²) in [5.74, 6) is 2.14. The standard InChI is InChI=1S/C17H19Cl2NO/c1-10(2)15-7-13(9-18)8-16(20-15)21-17-11(3)5-14(19)6-12(17)4/h5-8,10H,9H2,1-4H3. The summed E-state index contributed by atoms with van der Waals surface area (Å²) in [6.07, 6.45) is 0. The lowest BCUT2D eigenvalue weighted by molar-refractivity contribution is 0.452. The maximum absolute atomic E-state index is 6.05. The average molecular weight is 324 g/mol. The second kappa shape index (κ2) is 6.67. The third-order valence-electron chi connectivity index (χ3n) is 3.26. The number of aromatic nitrogens is 1. The summed E-state index contributed by atoms with van der Waals surface area (Å²) in [6.45, 7) is 8.15. The summed E-state index contributed by atoms with van der Waals surface area (Å²) in [7, 11) is 0. The summed E-state index contributed by atoms with van der Waals surface area (Å²) in [6, 6.07) is 7.68. The third kappa shape index (κ3) is 3.90. The predicted molar refractivity (Wildman–Crippen MR) is 88.9 cm³/mol. The van der Waals surface area contributed by atoms with Crippen molar-refractivity contribution in [2.24, 2.45) is 0 Å². The minimum absolute atomic E-state index is 0.322. The molecule has 0 radical (unpaired) electrons. The zero-order valence-electron chi connectivity index (χ0n) is 12.7. The Hall–Kier alpha value is -1.25. The molecule has 2 rings (SSSR count). The van der Waals surface area contributed by atoms with Gasteiger partial charge in [0.25, 0.3) is 0 Å². The molecule has 1 aromatic carbocycles. The van der Waals surface area contributed by atoms with Crippen LogP contribution in [0.4, 0.5) is 0 Å². The number of nitrogens with zero attached hydrogens (tertiary/aromatic N) is 1. The number of hydrogen-bond donors (Lipinski definition) is 0. The molecule has 0 unspecified atom stereocenters. The van der Waals surface area contributed by atoms with Crippen molar-refractivity contribution in [1.82, 2.24) is 4.98 Å². The molecular formula is C17H19Cl2NO. The lowest BCUT2D eigenvalue weighted by atomic mass is 10.1. The fourth-order valence-corrected chi connectivity index (χ4v) is 2.65. The molecule has 1 heterocycles.